The zero-order valence-electron chi connectivity index (χ0n) is 12.6. The molecule has 5 nitrogen and oxygen atoms in total. The number of urea groups is 1. The molecule has 0 radical (unpaired) electrons. The van der Waals surface area contributed by atoms with E-state index in [1.165, 1.54) is 0 Å². The molecule has 19 heavy (non-hydrogen) atoms. The van der Waals surface area contributed by atoms with Gasteiger partial charge in [-0.25, -0.2) is 4.79 Å². The molecular formula is C14H28N2O3. The van der Waals surface area contributed by atoms with Crippen molar-refractivity contribution in [2.45, 2.75) is 46.3 Å². The van der Waals surface area contributed by atoms with Crippen LogP contribution in [0.4, 0.5) is 4.79 Å². The van der Waals surface area contributed by atoms with Crippen LogP contribution in [0.3, 0.4) is 0 Å². The summed E-state index contributed by atoms with van der Waals surface area (Å²) in [6.45, 7) is 11.6. The van der Waals surface area contributed by atoms with Gasteiger partial charge in [-0.3, -0.25) is 0 Å². The fraction of sp³-hybridized carbons (Fsp3) is 0.929. The molecule has 0 aromatic rings. The van der Waals surface area contributed by atoms with Crippen molar-refractivity contribution in [2.24, 2.45) is 5.92 Å². The normalized spacial score (nSPS) is 21.5. The lowest BCUT2D eigenvalue weighted by Crippen LogP contribution is -2.51. The summed E-state index contributed by atoms with van der Waals surface area (Å²) >= 11 is 0. The van der Waals surface area contributed by atoms with Crippen LogP contribution < -0.4 is 5.32 Å². The van der Waals surface area contributed by atoms with Crippen molar-refractivity contribution in [3.05, 3.63) is 0 Å². The predicted molar refractivity (Wildman–Crippen MR) is 75.3 cm³/mol. The van der Waals surface area contributed by atoms with Crippen molar-refractivity contribution in [1.29, 1.82) is 0 Å². The Morgan fingerprint density at radius 3 is 2.84 bits per heavy atom. The fourth-order valence-electron chi connectivity index (χ4n) is 2.27. The van der Waals surface area contributed by atoms with Crippen LogP contribution in [-0.2, 0) is 9.47 Å². The SMILES string of the molecule is CCO[C@H](CCNC(=O)N1CCOC[C@@H]1C)C(C)C. The number of hydrogen-bond acceptors (Lipinski definition) is 3. The zero-order valence-corrected chi connectivity index (χ0v) is 12.6. The lowest BCUT2D eigenvalue weighted by molar-refractivity contribution is 0.0160. The zero-order chi connectivity index (χ0) is 14.3. The first kappa shape index (κ1) is 16.2. The number of amides is 2. The van der Waals surface area contributed by atoms with E-state index in [2.05, 4.69) is 19.2 Å². The van der Waals surface area contributed by atoms with Gasteiger partial charge < -0.3 is 19.7 Å². The van der Waals surface area contributed by atoms with Crippen molar-refractivity contribution in [2.75, 3.05) is 32.9 Å². The molecule has 0 spiro atoms. The molecule has 0 aromatic carbocycles. The van der Waals surface area contributed by atoms with Gasteiger partial charge in [0.05, 0.1) is 25.4 Å². The summed E-state index contributed by atoms with van der Waals surface area (Å²) in [5.74, 6) is 0.471. The smallest absolute Gasteiger partial charge is 0.317 e. The van der Waals surface area contributed by atoms with Crippen molar-refractivity contribution in [1.82, 2.24) is 10.2 Å². The standard InChI is InChI=1S/C14H28N2O3/c1-5-19-13(11(2)3)6-7-15-14(17)16-8-9-18-10-12(16)4/h11-13H,5-10H2,1-4H3,(H,15,17)/t12-,13+/m0/s1. The summed E-state index contributed by atoms with van der Waals surface area (Å²) in [4.78, 5) is 13.9. The first-order valence-corrected chi connectivity index (χ1v) is 7.30. The number of nitrogens with zero attached hydrogens (tertiary/aromatic N) is 1. The number of hydrogen-bond donors (Lipinski definition) is 1. The Labute approximate surface area is 116 Å². The van der Waals surface area contributed by atoms with Gasteiger partial charge in [0.1, 0.15) is 0 Å². The Hall–Kier alpha value is -0.810. The molecule has 1 aliphatic heterocycles. The molecule has 0 saturated carbocycles. The van der Waals surface area contributed by atoms with Gasteiger partial charge in [-0.15, -0.1) is 0 Å². The first-order chi connectivity index (χ1) is 9.06. The average Bonchev–Trinajstić information content (AvgIpc) is 2.37. The van der Waals surface area contributed by atoms with Crippen molar-refractivity contribution >= 4 is 6.03 Å². The van der Waals surface area contributed by atoms with Crippen molar-refractivity contribution in [3.63, 3.8) is 0 Å². The number of rotatable bonds is 6. The van der Waals surface area contributed by atoms with Crippen LogP contribution in [0.2, 0.25) is 0 Å². The molecule has 0 bridgehead atoms. The van der Waals surface area contributed by atoms with Gasteiger partial charge in [-0.05, 0) is 26.2 Å². The second kappa shape index (κ2) is 8.38. The number of carbonyl (C=O) groups excluding carboxylic acids is 1. The first-order valence-electron chi connectivity index (χ1n) is 7.30. The van der Waals surface area contributed by atoms with Gasteiger partial charge in [0.15, 0.2) is 0 Å². The van der Waals surface area contributed by atoms with E-state index in [1.807, 2.05) is 18.7 Å². The van der Waals surface area contributed by atoms with Crippen LogP contribution in [-0.4, -0.2) is 56.0 Å². The maximum atomic E-state index is 12.0. The number of carbonyl (C=O) groups is 1. The Balaban J connectivity index is 2.29. The molecule has 0 aromatic heterocycles. The minimum atomic E-state index is 0.00908. The van der Waals surface area contributed by atoms with Crippen LogP contribution >= 0.6 is 0 Å². The number of nitrogens with one attached hydrogen (secondary N) is 1. The van der Waals surface area contributed by atoms with Crippen molar-refractivity contribution < 1.29 is 14.3 Å². The third-order valence-corrected chi connectivity index (χ3v) is 3.46. The molecule has 5 heteroatoms. The van der Waals surface area contributed by atoms with Crippen molar-refractivity contribution in [3.8, 4) is 0 Å². The second-order valence-electron chi connectivity index (χ2n) is 5.38. The van der Waals surface area contributed by atoms with E-state index in [4.69, 9.17) is 9.47 Å². The van der Waals surface area contributed by atoms with Crippen LogP contribution in [0.15, 0.2) is 0 Å². The van der Waals surface area contributed by atoms with E-state index >= 15 is 0 Å². The lowest BCUT2D eigenvalue weighted by Gasteiger charge is -2.33. The van der Waals surface area contributed by atoms with E-state index in [9.17, 15) is 4.79 Å². The van der Waals surface area contributed by atoms with Crippen LogP contribution in [0, 0.1) is 5.92 Å². The summed E-state index contributed by atoms with van der Waals surface area (Å²) in [6.07, 6.45) is 1.07. The van der Waals surface area contributed by atoms with Gasteiger partial charge in [0.2, 0.25) is 0 Å². The summed E-state index contributed by atoms with van der Waals surface area (Å²) in [5, 5.41) is 2.98. The van der Waals surface area contributed by atoms with Gasteiger partial charge in [0, 0.05) is 19.7 Å². The molecule has 1 fully saturated rings. The van der Waals surface area contributed by atoms with Crippen LogP contribution in [0.5, 0.6) is 0 Å². The quantitative estimate of drug-likeness (QED) is 0.803. The van der Waals surface area contributed by atoms with Crippen LogP contribution in [0.25, 0.3) is 0 Å². The maximum absolute atomic E-state index is 12.0. The van der Waals surface area contributed by atoms with Crippen LogP contribution in [0.1, 0.15) is 34.1 Å². The van der Waals surface area contributed by atoms with Gasteiger partial charge in [0.25, 0.3) is 0 Å². The third-order valence-electron chi connectivity index (χ3n) is 3.46. The summed E-state index contributed by atoms with van der Waals surface area (Å²) in [6, 6.07) is 0.163. The molecule has 2 atom stereocenters. The maximum Gasteiger partial charge on any atom is 0.317 e. The highest BCUT2D eigenvalue weighted by Gasteiger charge is 2.23. The Morgan fingerprint density at radius 2 is 2.26 bits per heavy atom. The highest BCUT2D eigenvalue weighted by molar-refractivity contribution is 5.74. The fourth-order valence-corrected chi connectivity index (χ4v) is 2.27. The highest BCUT2D eigenvalue weighted by atomic mass is 16.5. The molecule has 1 N–H and O–H groups in total. The topological polar surface area (TPSA) is 50.8 Å². The highest BCUT2D eigenvalue weighted by Crippen LogP contribution is 2.10. The van der Waals surface area contributed by atoms with Gasteiger partial charge in [-0.2, -0.15) is 0 Å². The minimum Gasteiger partial charge on any atom is -0.378 e. The lowest BCUT2D eigenvalue weighted by atomic mass is 10.0. The molecule has 2 amide bonds. The second-order valence-corrected chi connectivity index (χ2v) is 5.38. The Morgan fingerprint density at radius 1 is 1.53 bits per heavy atom. The third kappa shape index (κ3) is 5.37. The molecule has 1 rings (SSSR count). The molecular weight excluding hydrogens is 244 g/mol. The predicted octanol–water partition coefficient (Wildman–Crippen LogP) is 1.87. The van der Waals surface area contributed by atoms with Gasteiger partial charge in [-0.1, -0.05) is 13.8 Å². The van der Waals surface area contributed by atoms with Gasteiger partial charge >= 0.3 is 6.03 Å². The molecule has 1 heterocycles. The van der Waals surface area contributed by atoms with E-state index in [0.717, 1.165) is 13.0 Å². The largest absolute Gasteiger partial charge is 0.378 e. The van der Waals surface area contributed by atoms with E-state index in [-0.39, 0.29) is 18.2 Å². The van der Waals surface area contributed by atoms with E-state index in [1.54, 1.807) is 0 Å². The molecule has 0 unspecified atom stereocenters. The molecule has 1 aliphatic rings. The summed E-state index contributed by atoms with van der Waals surface area (Å²) in [5.41, 5.74) is 0. The number of ether oxygens (including phenoxy) is 2. The molecule has 0 aliphatic carbocycles. The van der Waals surface area contributed by atoms with E-state index in [0.29, 0.717) is 32.2 Å². The molecule has 1 saturated heterocycles. The average molecular weight is 272 g/mol. The van der Waals surface area contributed by atoms with E-state index < -0.39 is 0 Å². The Kier molecular flexibility index (Phi) is 7.16. The molecule has 112 valence electrons. The number of morpholine rings is 1. The summed E-state index contributed by atoms with van der Waals surface area (Å²) in [7, 11) is 0. The Bertz CT molecular complexity index is 271. The minimum absolute atomic E-state index is 0.00908. The monoisotopic (exact) mass is 272 g/mol. The summed E-state index contributed by atoms with van der Waals surface area (Å²) < 4.78 is 11.0.